The van der Waals surface area contributed by atoms with Crippen LogP contribution in [0.1, 0.15) is 10.4 Å². The molecule has 2 heterocycles. The first-order valence-electron chi connectivity index (χ1n) is 5.23. The first kappa shape index (κ1) is 11.8. The van der Waals surface area contributed by atoms with E-state index in [1.54, 1.807) is 36.7 Å². The molecule has 6 heteroatoms. The van der Waals surface area contributed by atoms with Crippen LogP contribution in [0.2, 0.25) is 0 Å². The summed E-state index contributed by atoms with van der Waals surface area (Å²) >= 11 is 0. The van der Waals surface area contributed by atoms with Gasteiger partial charge < -0.3 is 15.8 Å². The van der Waals surface area contributed by atoms with Crippen molar-refractivity contribution in [1.82, 2.24) is 9.97 Å². The van der Waals surface area contributed by atoms with Crippen molar-refractivity contribution >= 4 is 17.4 Å². The van der Waals surface area contributed by atoms with Gasteiger partial charge in [-0.2, -0.15) is 0 Å². The number of ether oxygens (including phenoxy) is 1. The van der Waals surface area contributed by atoms with E-state index < -0.39 is 0 Å². The Morgan fingerprint density at radius 1 is 1.28 bits per heavy atom. The lowest BCUT2D eigenvalue weighted by molar-refractivity contribution is 0.102. The lowest BCUT2D eigenvalue weighted by Gasteiger charge is -2.08. The van der Waals surface area contributed by atoms with E-state index in [1.807, 2.05) is 0 Å². The number of hydrogen-bond acceptors (Lipinski definition) is 5. The number of hydrogen-bond donors (Lipinski definition) is 2. The molecule has 0 aliphatic rings. The van der Waals surface area contributed by atoms with Crippen LogP contribution in [0.4, 0.5) is 11.5 Å². The Hall–Kier alpha value is -2.63. The van der Waals surface area contributed by atoms with Gasteiger partial charge in [0.1, 0.15) is 5.56 Å². The average Bonchev–Trinajstić information content (AvgIpc) is 2.41. The number of amides is 1. The van der Waals surface area contributed by atoms with Crippen LogP contribution < -0.4 is 15.8 Å². The number of pyridine rings is 2. The van der Waals surface area contributed by atoms with Crippen molar-refractivity contribution in [2.24, 2.45) is 0 Å². The molecule has 0 saturated heterocycles. The van der Waals surface area contributed by atoms with Crippen molar-refractivity contribution in [1.29, 1.82) is 0 Å². The van der Waals surface area contributed by atoms with E-state index in [-0.39, 0.29) is 11.8 Å². The van der Waals surface area contributed by atoms with Gasteiger partial charge in [-0.25, -0.2) is 9.97 Å². The van der Waals surface area contributed by atoms with E-state index in [4.69, 9.17) is 10.5 Å². The third-order valence-electron chi connectivity index (χ3n) is 2.28. The maximum atomic E-state index is 12.0. The highest BCUT2D eigenvalue weighted by Gasteiger charge is 2.14. The maximum absolute atomic E-state index is 12.0. The fourth-order valence-electron chi connectivity index (χ4n) is 1.42. The highest BCUT2D eigenvalue weighted by atomic mass is 16.5. The Labute approximate surface area is 104 Å². The Kier molecular flexibility index (Phi) is 3.38. The van der Waals surface area contributed by atoms with Crippen molar-refractivity contribution in [3.8, 4) is 5.88 Å². The number of carbonyl (C=O) groups is 1. The van der Waals surface area contributed by atoms with Gasteiger partial charge in [0.15, 0.2) is 5.82 Å². The third-order valence-corrected chi connectivity index (χ3v) is 2.28. The fraction of sp³-hybridized carbons (Fsp3) is 0.0833. The Morgan fingerprint density at radius 3 is 2.72 bits per heavy atom. The molecule has 0 aliphatic carbocycles. The molecule has 3 N–H and O–H groups in total. The van der Waals surface area contributed by atoms with Crippen molar-refractivity contribution < 1.29 is 9.53 Å². The first-order chi connectivity index (χ1) is 8.72. The summed E-state index contributed by atoms with van der Waals surface area (Å²) in [4.78, 5) is 19.9. The summed E-state index contributed by atoms with van der Waals surface area (Å²) in [5, 5.41) is 2.61. The summed E-state index contributed by atoms with van der Waals surface area (Å²) in [7, 11) is 1.45. The van der Waals surface area contributed by atoms with E-state index >= 15 is 0 Å². The lowest BCUT2D eigenvalue weighted by atomic mass is 10.2. The second kappa shape index (κ2) is 5.13. The molecule has 0 radical (unpaired) electrons. The van der Waals surface area contributed by atoms with E-state index in [0.717, 1.165) is 0 Å². The molecule has 2 aromatic rings. The number of nitrogen functional groups attached to an aromatic ring is 1. The van der Waals surface area contributed by atoms with Gasteiger partial charge in [0.05, 0.1) is 12.8 Å². The van der Waals surface area contributed by atoms with Crippen LogP contribution in [0.3, 0.4) is 0 Å². The predicted octanol–water partition coefficient (Wildman–Crippen LogP) is 1.32. The highest BCUT2D eigenvalue weighted by Crippen LogP contribution is 2.18. The molecule has 2 aromatic heterocycles. The van der Waals surface area contributed by atoms with Crippen LogP contribution in [0.25, 0.3) is 0 Å². The van der Waals surface area contributed by atoms with Crippen LogP contribution in [0.5, 0.6) is 5.88 Å². The minimum Gasteiger partial charge on any atom is -0.480 e. The minimum absolute atomic E-state index is 0.254. The second-order valence-electron chi connectivity index (χ2n) is 3.46. The average molecular weight is 244 g/mol. The van der Waals surface area contributed by atoms with Gasteiger partial charge in [-0.3, -0.25) is 4.79 Å². The molecule has 0 unspecified atom stereocenters. The number of aromatic nitrogens is 2. The van der Waals surface area contributed by atoms with Crippen LogP contribution >= 0.6 is 0 Å². The summed E-state index contributed by atoms with van der Waals surface area (Å²) < 4.78 is 5.01. The number of anilines is 2. The number of methoxy groups -OCH3 is 1. The molecule has 0 saturated carbocycles. The van der Waals surface area contributed by atoms with Gasteiger partial charge >= 0.3 is 0 Å². The third kappa shape index (κ3) is 2.37. The van der Waals surface area contributed by atoms with E-state index in [9.17, 15) is 4.79 Å². The second-order valence-corrected chi connectivity index (χ2v) is 3.46. The lowest BCUT2D eigenvalue weighted by Crippen LogP contribution is -2.15. The zero-order valence-electron chi connectivity index (χ0n) is 9.75. The number of nitrogens with two attached hydrogens (primary N) is 1. The summed E-state index contributed by atoms with van der Waals surface area (Å²) in [6.45, 7) is 0. The molecule has 2 rings (SSSR count). The topological polar surface area (TPSA) is 90.1 Å². The molecule has 18 heavy (non-hydrogen) atoms. The van der Waals surface area contributed by atoms with Crippen molar-refractivity contribution in [2.75, 3.05) is 18.2 Å². The largest absolute Gasteiger partial charge is 0.480 e. The van der Waals surface area contributed by atoms with E-state index in [2.05, 4.69) is 15.3 Å². The van der Waals surface area contributed by atoms with Crippen LogP contribution in [-0.2, 0) is 0 Å². The SMILES string of the molecule is COc1ncccc1C(=O)Nc1ncccc1N. The van der Waals surface area contributed by atoms with E-state index in [1.165, 1.54) is 7.11 Å². The Bertz CT molecular complexity index is 572. The van der Waals surface area contributed by atoms with Crippen molar-refractivity contribution in [3.05, 3.63) is 42.2 Å². The Morgan fingerprint density at radius 2 is 2.00 bits per heavy atom. The first-order valence-corrected chi connectivity index (χ1v) is 5.23. The number of nitrogens with zero attached hydrogens (tertiary/aromatic N) is 2. The molecule has 0 aliphatic heterocycles. The van der Waals surface area contributed by atoms with Crippen molar-refractivity contribution in [2.45, 2.75) is 0 Å². The quantitative estimate of drug-likeness (QED) is 0.849. The normalized spacial score (nSPS) is 9.83. The molecule has 92 valence electrons. The fourth-order valence-corrected chi connectivity index (χ4v) is 1.42. The van der Waals surface area contributed by atoms with Crippen molar-refractivity contribution in [3.63, 3.8) is 0 Å². The monoisotopic (exact) mass is 244 g/mol. The summed E-state index contributed by atoms with van der Waals surface area (Å²) in [5.74, 6) is 0.197. The molecule has 1 amide bonds. The van der Waals surface area contributed by atoms with Gasteiger partial charge in [0.25, 0.3) is 5.91 Å². The van der Waals surface area contributed by atoms with Gasteiger partial charge in [-0.15, -0.1) is 0 Å². The molecular weight excluding hydrogens is 232 g/mol. The molecule has 6 nitrogen and oxygen atoms in total. The van der Waals surface area contributed by atoms with Crippen LogP contribution in [0.15, 0.2) is 36.7 Å². The molecule has 0 aromatic carbocycles. The summed E-state index contributed by atoms with van der Waals surface area (Å²) in [6, 6.07) is 6.61. The summed E-state index contributed by atoms with van der Waals surface area (Å²) in [5.41, 5.74) is 6.41. The zero-order chi connectivity index (χ0) is 13.0. The number of rotatable bonds is 3. The molecule has 0 atom stereocenters. The van der Waals surface area contributed by atoms with Gasteiger partial charge in [-0.05, 0) is 24.3 Å². The predicted molar refractivity (Wildman–Crippen MR) is 67.4 cm³/mol. The van der Waals surface area contributed by atoms with Gasteiger partial charge in [0.2, 0.25) is 5.88 Å². The summed E-state index contributed by atoms with van der Waals surface area (Å²) in [6.07, 6.45) is 3.09. The van der Waals surface area contributed by atoms with Gasteiger partial charge in [0, 0.05) is 12.4 Å². The number of carbonyl (C=O) groups excluding carboxylic acids is 1. The number of nitrogens with one attached hydrogen (secondary N) is 1. The molecule has 0 spiro atoms. The standard InChI is InChI=1S/C12H12N4O2/c1-18-12-8(4-2-7-15-12)11(17)16-10-9(13)5-3-6-14-10/h2-7H,13H2,1H3,(H,14,16,17). The van der Waals surface area contributed by atoms with Crippen LogP contribution in [0, 0.1) is 0 Å². The van der Waals surface area contributed by atoms with Gasteiger partial charge in [-0.1, -0.05) is 0 Å². The zero-order valence-corrected chi connectivity index (χ0v) is 9.75. The van der Waals surface area contributed by atoms with E-state index in [0.29, 0.717) is 17.1 Å². The highest BCUT2D eigenvalue weighted by molar-refractivity contribution is 6.06. The minimum atomic E-state index is -0.370. The molecule has 0 bridgehead atoms. The van der Waals surface area contributed by atoms with Crippen LogP contribution in [-0.4, -0.2) is 23.0 Å². The smallest absolute Gasteiger partial charge is 0.262 e. The Balaban J connectivity index is 2.25. The molecular formula is C12H12N4O2. The molecule has 0 fully saturated rings. The maximum Gasteiger partial charge on any atom is 0.262 e.